The van der Waals surface area contributed by atoms with Crippen molar-refractivity contribution in [3.63, 3.8) is 0 Å². The van der Waals surface area contributed by atoms with E-state index in [0.717, 1.165) is 78.2 Å². The van der Waals surface area contributed by atoms with Crippen LogP contribution in [-0.2, 0) is 42.7 Å². The minimum absolute atomic E-state index is 0. The van der Waals surface area contributed by atoms with Gasteiger partial charge >= 0.3 is 0 Å². The Balaban J connectivity index is 0.00000689. The fourth-order valence-electron chi connectivity index (χ4n) is 14.4. The molecule has 11 aromatic carbocycles. The van der Waals surface area contributed by atoms with E-state index < -0.39 is 5.41 Å². The van der Waals surface area contributed by atoms with Crippen LogP contribution in [0.15, 0.2) is 249 Å². The first kappa shape index (κ1) is 57.9. The van der Waals surface area contributed by atoms with Gasteiger partial charge in [0.2, 0.25) is 0 Å². The molecule has 3 heterocycles. The van der Waals surface area contributed by atoms with Crippen molar-refractivity contribution < 1.29 is 25.8 Å². The molecule has 2 aromatic heterocycles. The molecule has 0 radical (unpaired) electrons. The Morgan fingerprint density at radius 3 is 1.59 bits per heavy atom. The summed E-state index contributed by atoms with van der Waals surface area (Å²) < 4.78 is 9.05. The van der Waals surface area contributed by atoms with Crippen LogP contribution in [0.3, 0.4) is 0 Å². The standard InChI is InChI=1S/C85H69N4O.Pt/c1-82(2,3)58-24-20-23-54(45-58)56-40-44-80(86-52-56)89-76-36-17-13-30-69(76)70-42-41-63(51-79(70)89)90-62-26-21-25-61(50-62)87-53-88(78-38-19-18-37-77(78)87)81-64(31-22-32-65(81)57-46-59(83(4,5)6)49-60(47-57)84(7,8)9)55-39-43-75-71(48-55)68-29-12-16-35-74(68)85(75)72-33-14-10-27-66(72)67-28-11-15-34-73(67)85;/h10-49,52-53H,1-9H3;/q-3;. The molecule has 5 nitrogen and oxygen atoms in total. The molecule has 91 heavy (non-hydrogen) atoms. The van der Waals surface area contributed by atoms with Crippen LogP contribution in [0.4, 0.5) is 22.7 Å². The minimum atomic E-state index is -0.439. The quantitative estimate of drug-likeness (QED) is 0.142. The summed E-state index contributed by atoms with van der Waals surface area (Å²) in [5, 5.41) is 2.19. The molecule has 0 unspecified atom stereocenters. The Hall–Kier alpha value is -9.54. The predicted octanol–water partition coefficient (Wildman–Crippen LogP) is 22.2. The van der Waals surface area contributed by atoms with Gasteiger partial charge in [-0.1, -0.05) is 244 Å². The molecule has 13 aromatic rings. The first-order chi connectivity index (χ1) is 43.5. The smallest absolute Gasteiger partial charge is 0.135 e. The van der Waals surface area contributed by atoms with E-state index in [-0.39, 0.29) is 37.3 Å². The van der Waals surface area contributed by atoms with Crippen LogP contribution in [0.25, 0.3) is 83.3 Å². The molecule has 0 amide bonds. The molecule has 0 atom stereocenters. The second-order valence-electron chi connectivity index (χ2n) is 27.7. The van der Waals surface area contributed by atoms with Gasteiger partial charge in [-0.2, -0.15) is 12.1 Å². The third-order valence-corrected chi connectivity index (χ3v) is 19.0. The van der Waals surface area contributed by atoms with Crippen molar-refractivity contribution >= 4 is 44.6 Å². The zero-order valence-corrected chi connectivity index (χ0v) is 55.0. The van der Waals surface area contributed by atoms with Crippen molar-refractivity contribution in [2.24, 2.45) is 0 Å². The maximum absolute atomic E-state index is 6.86. The summed E-state index contributed by atoms with van der Waals surface area (Å²) in [6.45, 7) is 22.9. The second kappa shape index (κ2) is 21.6. The maximum Gasteiger partial charge on any atom is 0.135 e. The number of pyridine rings is 1. The van der Waals surface area contributed by atoms with Crippen molar-refractivity contribution in [1.82, 2.24) is 9.55 Å². The van der Waals surface area contributed by atoms with E-state index in [4.69, 9.17) is 9.72 Å². The molecule has 0 bridgehead atoms. The van der Waals surface area contributed by atoms with E-state index in [1.54, 1.807) is 0 Å². The number of benzene rings is 11. The van der Waals surface area contributed by atoms with Gasteiger partial charge in [-0.15, -0.1) is 48.1 Å². The minimum Gasteiger partial charge on any atom is -0.509 e. The number of aromatic nitrogens is 2. The van der Waals surface area contributed by atoms with Gasteiger partial charge in [0.25, 0.3) is 0 Å². The average Bonchev–Trinajstić information content (AvgIpc) is 1.52. The number of ether oxygens (including phenoxy) is 1. The molecule has 6 heteroatoms. The first-order valence-corrected chi connectivity index (χ1v) is 31.5. The van der Waals surface area contributed by atoms with Gasteiger partial charge in [0, 0.05) is 78.0 Å². The Kier molecular flexibility index (Phi) is 13.7. The Bertz CT molecular complexity index is 4970. The molecule has 16 rings (SSSR count). The van der Waals surface area contributed by atoms with Crippen LogP contribution in [0, 0.1) is 18.8 Å². The SMILES string of the molecule is CC(C)(C)c1cccc(-c2ccc(-n3c4[c-]c(Oc5[c-]c(N6[CH-]N(c7c(-c8cc(C(C)(C)C)cc(C(C)(C)C)c8)cccc7-c7ccc8c(c7)-c7ccccc7C87c8ccccc8-c8ccccc87)c7ccccc76)ccc5)ccc4c4ccccc43)nc2)c1.[Pt]. The summed E-state index contributed by atoms with van der Waals surface area (Å²) >= 11 is 0. The number of rotatable bonds is 8. The maximum atomic E-state index is 6.86. The topological polar surface area (TPSA) is 33.5 Å². The molecule has 1 spiro atoms. The van der Waals surface area contributed by atoms with Gasteiger partial charge in [0.1, 0.15) is 5.82 Å². The van der Waals surface area contributed by atoms with Gasteiger partial charge in [0.05, 0.1) is 5.41 Å². The van der Waals surface area contributed by atoms with Gasteiger partial charge in [-0.25, -0.2) is 4.98 Å². The van der Waals surface area contributed by atoms with Crippen LogP contribution in [0.5, 0.6) is 11.5 Å². The average molecular weight is 1360 g/mol. The molecule has 2 aliphatic carbocycles. The second-order valence-corrected chi connectivity index (χ2v) is 27.7. The van der Waals surface area contributed by atoms with Crippen LogP contribution < -0.4 is 14.5 Å². The van der Waals surface area contributed by atoms with Crippen LogP contribution in [0.2, 0.25) is 0 Å². The summed E-state index contributed by atoms with van der Waals surface area (Å²) in [4.78, 5) is 9.78. The summed E-state index contributed by atoms with van der Waals surface area (Å²) in [5.74, 6) is 1.97. The molecular weight excluding hydrogens is 1290 g/mol. The first-order valence-electron chi connectivity index (χ1n) is 31.5. The molecule has 0 fully saturated rings. The van der Waals surface area contributed by atoms with Crippen molar-refractivity contribution in [3.8, 4) is 73.0 Å². The number of fused-ring (bicyclic) bond motifs is 14. The van der Waals surface area contributed by atoms with E-state index >= 15 is 0 Å². The number of para-hydroxylation sites is 4. The third-order valence-electron chi connectivity index (χ3n) is 19.0. The summed E-state index contributed by atoms with van der Waals surface area (Å²) in [7, 11) is 0. The van der Waals surface area contributed by atoms with E-state index in [0.29, 0.717) is 11.5 Å². The molecule has 0 saturated carbocycles. The Labute approximate surface area is 549 Å². The van der Waals surface area contributed by atoms with Gasteiger partial charge < -0.3 is 19.1 Å². The van der Waals surface area contributed by atoms with Crippen molar-refractivity contribution in [3.05, 3.63) is 307 Å². The normalized spacial score (nSPS) is 13.7. The van der Waals surface area contributed by atoms with Crippen molar-refractivity contribution in [2.45, 2.75) is 84.0 Å². The number of nitrogens with zero attached hydrogens (tertiary/aromatic N) is 4. The Morgan fingerprint density at radius 1 is 0.396 bits per heavy atom. The van der Waals surface area contributed by atoms with E-state index in [9.17, 15) is 0 Å². The molecule has 3 aliphatic rings. The monoisotopic (exact) mass is 1360 g/mol. The summed E-state index contributed by atoms with van der Waals surface area (Å²) in [5.41, 5.74) is 26.6. The largest absolute Gasteiger partial charge is 0.509 e. The third kappa shape index (κ3) is 9.41. The fourth-order valence-corrected chi connectivity index (χ4v) is 14.4. The van der Waals surface area contributed by atoms with Gasteiger partial charge in [0.15, 0.2) is 0 Å². The molecule has 1 aliphatic heterocycles. The molecule has 448 valence electrons. The molecule has 0 N–H and O–H groups in total. The van der Waals surface area contributed by atoms with Crippen LogP contribution in [-0.4, -0.2) is 9.55 Å². The van der Waals surface area contributed by atoms with Crippen LogP contribution >= 0.6 is 0 Å². The summed E-state index contributed by atoms with van der Waals surface area (Å²) in [6, 6.07) is 96.7. The predicted molar refractivity (Wildman–Crippen MR) is 373 cm³/mol. The Morgan fingerprint density at radius 2 is 0.934 bits per heavy atom. The van der Waals surface area contributed by atoms with Crippen molar-refractivity contribution in [1.29, 1.82) is 0 Å². The zero-order chi connectivity index (χ0) is 61.4. The number of hydrogen-bond donors (Lipinski definition) is 0. The van der Waals surface area contributed by atoms with E-state index in [1.165, 1.54) is 66.8 Å². The molecule has 0 saturated heterocycles. The van der Waals surface area contributed by atoms with Crippen LogP contribution in [0.1, 0.15) is 101 Å². The van der Waals surface area contributed by atoms with Gasteiger partial charge in [-0.3, -0.25) is 0 Å². The zero-order valence-electron chi connectivity index (χ0n) is 52.8. The van der Waals surface area contributed by atoms with E-state index in [1.807, 2.05) is 18.3 Å². The number of anilines is 4. The molecular formula is C85H69N4OPt-3. The van der Waals surface area contributed by atoms with Crippen molar-refractivity contribution in [2.75, 3.05) is 9.80 Å². The summed E-state index contributed by atoms with van der Waals surface area (Å²) in [6.07, 6.45) is 1.98. The van der Waals surface area contributed by atoms with E-state index in [2.05, 4.69) is 326 Å². The fraction of sp³-hybridized carbons (Fsp3) is 0.153. The van der Waals surface area contributed by atoms with Gasteiger partial charge in [-0.05, 0) is 136 Å². The number of hydrogen-bond acceptors (Lipinski definition) is 4.